The molecule has 5 rings (SSSR count). The van der Waals surface area contributed by atoms with Gasteiger partial charge >= 0.3 is 5.63 Å². The van der Waals surface area contributed by atoms with E-state index in [1.54, 1.807) is 66.7 Å². The highest BCUT2D eigenvalue weighted by Gasteiger charge is 2.41. The fourth-order valence-electron chi connectivity index (χ4n) is 3.91. The van der Waals surface area contributed by atoms with Crippen LogP contribution in [0.4, 0.5) is 0 Å². The first-order valence-corrected chi connectivity index (χ1v) is 11.0. The maximum absolute atomic E-state index is 13.6. The maximum atomic E-state index is 13.6. The van der Waals surface area contributed by atoms with Gasteiger partial charge in [-0.05, 0) is 29.8 Å². The third-order valence-electron chi connectivity index (χ3n) is 5.28. The van der Waals surface area contributed by atoms with Crippen LogP contribution in [0.25, 0.3) is 11.0 Å². The summed E-state index contributed by atoms with van der Waals surface area (Å²) in [5.41, 5.74) is 6.59. The lowest BCUT2D eigenvalue weighted by Crippen LogP contribution is -2.30. The average Bonchev–Trinajstić information content (AvgIpc) is 2.79. The third kappa shape index (κ3) is 3.02. The second-order valence-electron chi connectivity index (χ2n) is 7.12. The predicted octanol–water partition coefficient (Wildman–Crippen LogP) is 3.92. The highest BCUT2D eigenvalue weighted by atomic mass is 32.2. The van der Waals surface area contributed by atoms with Crippen LogP contribution in [0, 0.1) is 0 Å². The molecule has 154 valence electrons. The molecule has 6 nitrogen and oxygen atoms in total. The predicted molar refractivity (Wildman–Crippen MR) is 116 cm³/mol. The first-order chi connectivity index (χ1) is 15.0. The first-order valence-electron chi connectivity index (χ1n) is 9.57. The van der Waals surface area contributed by atoms with Crippen LogP contribution in [0.2, 0.25) is 0 Å². The highest BCUT2D eigenvalue weighted by Crippen LogP contribution is 2.46. The Bertz CT molecular complexity index is 1490. The van der Waals surface area contributed by atoms with Crippen molar-refractivity contribution in [3.63, 3.8) is 0 Å². The first kappa shape index (κ1) is 19.1. The van der Waals surface area contributed by atoms with Crippen LogP contribution in [0.15, 0.2) is 110 Å². The van der Waals surface area contributed by atoms with Crippen LogP contribution in [0.5, 0.6) is 5.75 Å². The standard InChI is InChI=1S/C24H17NO5S/c25-23-22(31(27,28)16-11-5-2-6-12-16)19(15-9-3-1-4-10-15)20-21(30-23)17-13-7-8-14-18(17)29-24(20)26/h1-14,19H,25H2. The van der Waals surface area contributed by atoms with Gasteiger partial charge in [-0.25, -0.2) is 13.2 Å². The molecule has 0 bridgehead atoms. The van der Waals surface area contributed by atoms with Crippen molar-refractivity contribution in [2.45, 2.75) is 10.8 Å². The summed E-state index contributed by atoms with van der Waals surface area (Å²) in [7, 11) is -4.07. The molecule has 4 aromatic rings. The van der Waals surface area contributed by atoms with E-state index in [4.69, 9.17) is 14.9 Å². The largest absolute Gasteiger partial charge is 0.439 e. The lowest BCUT2D eigenvalue weighted by atomic mass is 9.89. The summed E-state index contributed by atoms with van der Waals surface area (Å²) < 4.78 is 38.6. The monoisotopic (exact) mass is 431 g/mol. The van der Waals surface area contributed by atoms with Gasteiger partial charge in [-0.3, -0.25) is 0 Å². The van der Waals surface area contributed by atoms with Gasteiger partial charge in [0.05, 0.1) is 21.8 Å². The van der Waals surface area contributed by atoms with E-state index in [1.165, 1.54) is 12.1 Å². The van der Waals surface area contributed by atoms with Crippen molar-refractivity contribution in [1.29, 1.82) is 0 Å². The molecule has 0 spiro atoms. The number of sulfone groups is 1. The van der Waals surface area contributed by atoms with E-state index < -0.39 is 21.4 Å². The molecule has 1 unspecified atom stereocenters. The van der Waals surface area contributed by atoms with Crippen molar-refractivity contribution in [2.24, 2.45) is 5.73 Å². The van der Waals surface area contributed by atoms with Crippen LogP contribution in [0.1, 0.15) is 17.0 Å². The Morgan fingerprint density at radius 2 is 1.42 bits per heavy atom. The molecular formula is C24H17NO5S. The molecule has 1 aliphatic rings. The van der Waals surface area contributed by atoms with E-state index in [9.17, 15) is 13.2 Å². The number of fused-ring (bicyclic) bond motifs is 3. The molecule has 0 amide bonds. The molecule has 0 aliphatic carbocycles. The van der Waals surface area contributed by atoms with Gasteiger partial charge < -0.3 is 14.9 Å². The van der Waals surface area contributed by atoms with Crippen LogP contribution >= 0.6 is 0 Å². The average molecular weight is 431 g/mol. The summed E-state index contributed by atoms with van der Waals surface area (Å²) in [5.74, 6) is -1.03. The van der Waals surface area contributed by atoms with Crippen molar-refractivity contribution >= 4 is 20.8 Å². The summed E-state index contributed by atoms with van der Waals surface area (Å²) in [6.07, 6.45) is 0. The van der Waals surface area contributed by atoms with Crippen LogP contribution < -0.4 is 16.1 Å². The number of rotatable bonds is 3. The quantitative estimate of drug-likeness (QED) is 0.494. The van der Waals surface area contributed by atoms with Crippen molar-refractivity contribution in [3.05, 3.63) is 117 Å². The molecule has 7 heteroatoms. The lowest BCUT2D eigenvalue weighted by molar-refractivity contribution is 0.389. The SMILES string of the molecule is NC1=C(S(=O)(=O)c2ccccc2)C(c2ccccc2)c2c(c3ccccc3oc2=O)O1. The van der Waals surface area contributed by atoms with Crippen molar-refractivity contribution < 1.29 is 17.6 Å². The minimum absolute atomic E-state index is 0.0612. The van der Waals surface area contributed by atoms with Gasteiger partial charge in [0.15, 0.2) is 5.75 Å². The molecule has 2 N–H and O–H groups in total. The third-order valence-corrected chi connectivity index (χ3v) is 7.19. The molecule has 0 radical (unpaired) electrons. The van der Waals surface area contributed by atoms with E-state index in [2.05, 4.69) is 0 Å². The Morgan fingerprint density at radius 3 is 2.13 bits per heavy atom. The zero-order valence-corrected chi connectivity index (χ0v) is 17.0. The summed E-state index contributed by atoms with van der Waals surface area (Å²) >= 11 is 0. The van der Waals surface area contributed by atoms with Crippen LogP contribution in [-0.2, 0) is 9.84 Å². The fraction of sp³-hybridized carbons (Fsp3) is 0.0417. The molecule has 0 saturated carbocycles. The molecule has 0 saturated heterocycles. The molecule has 3 aromatic carbocycles. The van der Waals surface area contributed by atoms with Crippen LogP contribution in [0.3, 0.4) is 0 Å². The molecule has 1 atom stereocenters. The number of allylic oxidation sites excluding steroid dienone is 1. The number of nitrogens with two attached hydrogens (primary N) is 1. The van der Waals surface area contributed by atoms with Gasteiger partial charge in [-0.15, -0.1) is 0 Å². The summed E-state index contributed by atoms with van der Waals surface area (Å²) in [5, 5.41) is 0.539. The number of para-hydroxylation sites is 1. The number of hydrogen-bond donors (Lipinski definition) is 1. The van der Waals surface area contributed by atoms with Gasteiger partial charge in [0, 0.05) is 0 Å². The van der Waals surface area contributed by atoms with Crippen molar-refractivity contribution in [3.8, 4) is 5.75 Å². The molecule has 2 heterocycles. The minimum Gasteiger partial charge on any atom is -0.439 e. The number of benzene rings is 3. The van der Waals surface area contributed by atoms with E-state index >= 15 is 0 Å². The number of hydrogen-bond acceptors (Lipinski definition) is 6. The Labute approximate surface area is 178 Å². The molecule has 1 aliphatic heterocycles. The van der Waals surface area contributed by atoms with Gasteiger partial charge in [-0.2, -0.15) is 0 Å². The highest BCUT2D eigenvalue weighted by molar-refractivity contribution is 7.95. The Hall–Kier alpha value is -3.84. The van der Waals surface area contributed by atoms with Crippen molar-refractivity contribution in [1.82, 2.24) is 0 Å². The normalized spacial score (nSPS) is 16.1. The zero-order valence-electron chi connectivity index (χ0n) is 16.2. The maximum Gasteiger partial charge on any atom is 0.344 e. The molecule has 0 fully saturated rings. The van der Waals surface area contributed by atoms with Crippen molar-refractivity contribution in [2.75, 3.05) is 0 Å². The van der Waals surface area contributed by atoms with Gasteiger partial charge in [-0.1, -0.05) is 60.7 Å². The van der Waals surface area contributed by atoms with E-state index in [-0.39, 0.29) is 27.0 Å². The Kier molecular flexibility index (Phi) is 4.41. The summed E-state index contributed by atoms with van der Waals surface area (Å²) in [6, 6.07) is 23.7. The van der Waals surface area contributed by atoms with E-state index in [0.717, 1.165) is 0 Å². The van der Waals surface area contributed by atoms with Crippen LogP contribution in [-0.4, -0.2) is 8.42 Å². The second kappa shape index (κ2) is 7.14. The second-order valence-corrected chi connectivity index (χ2v) is 9.04. The Balaban J connectivity index is 1.86. The lowest BCUT2D eigenvalue weighted by Gasteiger charge is -2.28. The number of ether oxygens (including phenoxy) is 1. The van der Waals surface area contributed by atoms with E-state index in [1.807, 2.05) is 6.07 Å². The summed E-state index contributed by atoms with van der Waals surface area (Å²) in [4.78, 5) is 13.0. The molecule has 1 aromatic heterocycles. The fourth-order valence-corrected chi connectivity index (χ4v) is 5.55. The molecule has 31 heavy (non-hydrogen) atoms. The van der Waals surface area contributed by atoms with E-state index in [0.29, 0.717) is 16.5 Å². The van der Waals surface area contributed by atoms with Gasteiger partial charge in [0.2, 0.25) is 15.7 Å². The van der Waals surface area contributed by atoms with Gasteiger partial charge in [0.25, 0.3) is 0 Å². The Morgan fingerprint density at radius 1 is 0.806 bits per heavy atom. The van der Waals surface area contributed by atoms with Gasteiger partial charge in [0.1, 0.15) is 10.5 Å². The smallest absolute Gasteiger partial charge is 0.344 e. The zero-order chi connectivity index (χ0) is 21.6. The molecular weight excluding hydrogens is 414 g/mol. The topological polar surface area (TPSA) is 99.6 Å². The summed E-state index contributed by atoms with van der Waals surface area (Å²) in [6.45, 7) is 0. The minimum atomic E-state index is -4.07.